The predicted octanol–water partition coefficient (Wildman–Crippen LogP) is 2.28. The molecule has 2 N–H and O–H groups in total. The smallest absolute Gasteiger partial charge is 0.282 e. The van der Waals surface area contributed by atoms with E-state index >= 15 is 0 Å². The van der Waals surface area contributed by atoms with E-state index in [2.05, 4.69) is 41.6 Å². The molecule has 0 radical (unpaired) electrons. The van der Waals surface area contributed by atoms with Crippen molar-refractivity contribution < 1.29 is 4.79 Å². The first-order chi connectivity index (χ1) is 8.53. The highest BCUT2D eigenvalue weighted by atomic mass is 32.1. The molecule has 1 heterocycles. The van der Waals surface area contributed by atoms with Crippen molar-refractivity contribution in [2.24, 2.45) is 5.92 Å². The van der Waals surface area contributed by atoms with Crippen LogP contribution in [0.5, 0.6) is 0 Å². The van der Waals surface area contributed by atoms with Gasteiger partial charge in [-0.3, -0.25) is 4.79 Å². The van der Waals surface area contributed by atoms with Crippen molar-refractivity contribution in [2.45, 2.75) is 45.6 Å². The Morgan fingerprint density at radius 1 is 1.44 bits per heavy atom. The van der Waals surface area contributed by atoms with Crippen LogP contribution in [0.1, 0.15) is 49.8 Å². The molecule has 1 aromatic heterocycles. The van der Waals surface area contributed by atoms with E-state index in [1.54, 1.807) is 0 Å². The maximum Gasteiger partial charge on any atom is 0.282 e. The molecule has 6 heteroatoms. The summed E-state index contributed by atoms with van der Waals surface area (Å²) in [6.45, 7) is 7.07. The number of nitrogens with zero attached hydrogens (tertiary/aromatic N) is 2. The summed E-state index contributed by atoms with van der Waals surface area (Å²) in [7, 11) is 0. The minimum absolute atomic E-state index is 0.117. The zero-order chi connectivity index (χ0) is 13.2. The fraction of sp³-hybridized carbons (Fsp3) is 0.750. The number of aromatic nitrogens is 2. The lowest BCUT2D eigenvalue weighted by atomic mass is 9.99. The van der Waals surface area contributed by atoms with Gasteiger partial charge in [0, 0.05) is 12.1 Å². The summed E-state index contributed by atoms with van der Waals surface area (Å²) in [6, 6.07) is 0. The zero-order valence-electron chi connectivity index (χ0n) is 11.1. The number of carbonyl (C=O) groups is 1. The Balaban J connectivity index is 1.94. The Bertz CT molecular complexity index is 425. The van der Waals surface area contributed by atoms with Crippen molar-refractivity contribution in [2.75, 3.05) is 11.9 Å². The van der Waals surface area contributed by atoms with Crippen molar-refractivity contribution in [3.05, 3.63) is 5.01 Å². The first-order valence-corrected chi connectivity index (χ1v) is 7.24. The number of hydrogen-bond acceptors (Lipinski definition) is 5. The maximum atomic E-state index is 12.0. The highest BCUT2D eigenvalue weighted by Gasteiger charge is 2.39. The van der Waals surface area contributed by atoms with E-state index in [0.717, 1.165) is 13.0 Å². The lowest BCUT2D eigenvalue weighted by molar-refractivity contribution is 0.0902. The van der Waals surface area contributed by atoms with Gasteiger partial charge in [-0.1, -0.05) is 18.3 Å². The minimum atomic E-state index is -0.139. The van der Waals surface area contributed by atoms with Gasteiger partial charge < -0.3 is 10.6 Å². The fourth-order valence-electron chi connectivity index (χ4n) is 1.87. The monoisotopic (exact) mass is 268 g/mol. The van der Waals surface area contributed by atoms with Crippen LogP contribution in [-0.2, 0) is 0 Å². The Hall–Kier alpha value is -1.17. The van der Waals surface area contributed by atoms with Crippen molar-refractivity contribution in [3.63, 3.8) is 0 Å². The second kappa shape index (κ2) is 5.22. The summed E-state index contributed by atoms with van der Waals surface area (Å²) >= 11 is 1.31. The molecule has 1 fully saturated rings. The third-order valence-electron chi connectivity index (χ3n) is 3.18. The van der Waals surface area contributed by atoms with Crippen molar-refractivity contribution in [1.29, 1.82) is 0 Å². The van der Waals surface area contributed by atoms with E-state index in [4.69, 9.17) is 0 Å². The Morgan fingerprint density at radius 2 is 2.17 bits per heavy atom. The van der Waals surface area contributed by atoms with Crippen molar-refractivity contribution in [1.82, 2.24) is 15.5 Å². The molecule has 100 valence electrons. The van der Waals surface area contributed by atoms with E-state index in [1.165, 1.54) is 24.2 Å². The molecule has 1 aliphatic rings. The standard InChI is InChI=1S/C12H20N4OS/c1-4-7-13-11-16-15-10(18-11)9(17)14-12(2,3)8-5-6-8/h8H,4-7H2,1-3H3,(H,13,16)(H,14,17). The molecular weight excluding hydrogens is 248 g/mol. The van der Waals surface area contributed by atoms with Gasteiger partial charge in [0.05, 0.1) is 0 Å². The zero-order valence-corrected chi connectivity index (χ0v) is 11.9. The van der Waals surface area contributed by atoms with Crippen LogP contribution in [0.15, 0.2) is 0 Å². The molecule has 5 nitrogen and oxygen atoms in total. The summed E-state index contributed by atoms with van der Waals surface area (Å²) in [5, 5.41) is 15.2. The minimum Gasteiger partial charge on any atom is -0.360 e. The van der Waals surface area contributed by atoms with Gasteiger partial charge in [-0.2, -0.15) is 0 Å². The molecule has 1 saturated carbocycles. The quantitative estimate of drug-likeness (QED) is 0.830. The first-order valence-electron chi connectivity index (χ1n) is 6.43. The molecule has 0 unspecified atom stereocenters. The topological polar surface area (TPSA) is 66.9 Å². The van der Waals surface area contributed by atoms with Crippen molar-refractivity contribution >= 4 is 22.4 Å². The third-order valence-corrected chi connectivity index (χ3v) is 4.06. The molecule has 1 aromatic rings. The summed E-state index contributed by atoms with van der Waals surface area (Å²) in [4.78, 5) is 12.0. The van der Waals surface area contributed by atoms with Crippen molar-refractivity contribution in [3.8, 4) is 0 Å². The molecule has 0 bridgehead atoms. The molecule has 0 aromatic carbocycles. The number of hydrogen-bond donors (Lipinski definition) is 2. The molecule has 0 aliphatic heterocycles. The van der Waals surface area contributed by atoms with Gasteiger partial charge in [-0.25, -0.2) is 0 Å². The Labute approximate surface area is 111 Å². The van der Waals surface area contributed by atoms with Crippen LogP contribution >= 0.6 is 11.3 Å². The van der Waals surface area contributed by atoms with Crippen LogP contribution in [0.2, 0.25) is 0 Å². The molecule has 1 aliphatic carbocycles. The van der Waals surface area contributed by atoms with Gasteiger partial charge in [0.2, 0.25) is 10.1 Å². The summed E-state index contributed by atoms with van der Waals surface area (Å²) in [6.07, 6.45) is 3.43. The molecule has 1 amide bonds. The average molecular weight is 268 g/mol. The van der Waals surface area contributed by atoms with Gasteiger partial charge in [-0.05, 0) is 39.0 Å². The molecule has 18 heavy (non-hydrogen) atoms. The van der Waals surface area contributed by atoms with Crippen LogP contribution in [0.25, 0.3) is 0 Å². The number of carbonyl (C=O) groups excluding carboxylic acids is 1. The number of anilines is 1. The summed E-state index contributed by atoms with van der Waals surface area (Å²) in [5.74, 6) is 0.487. The average Bonchev–Trinajstić information content (AvgIpc) is 3.06. The van der Waals surface area contributed by atoms with Gasteiger partial charge in [0.15, 0.2) is 0 Å². The maximum absolute atomic E-state index is 12.0. The van der Waals surface area contributed by atoms with Crippen LogP contribution in [0, 0.1) is 5.92 Å². The summed E-state index contributed by atoms with van der Waals surface area (Å²) in [5.41, 5.74) is -0.139. The lowest BCUT2D eigenvalue weighted by Crippen LogP contribution is -2.45. The van der Waals surface area contributed by atoms with Gasteiger partial charge in [0.1, 0.15) is 0 Å². The first kappa shape index (κ1) is 13.3. The lowest BCUT2D eigenvalue weighted by Gasteiger charge is -2.25. The van der Waals surface area contributed by atoms with Gasteiger partial charge in [0.25, 0.3) is 5.91 Å². The van der Waals surface area contributed by atoms with E-state index in [9.17, 15) is 4.79 Å². The van der Waals surface area contributed by atoms with E-state index in [-0.39, 0.29) is 11.4 Å². The number of amides is 1. The Morgan fingerprint density at radius 3 is 2.78 bits per heavy atom. The third kappa shape index (κ3) is 3.19. The highest BCUT2D eigenvalue weighted by molar-refractivity contribution is 7.17. The predicted molar refractivity (Wildman–Crippen MR) is 73.0 cm³/mol. The van der Waals surface area contributed by atoms with Crippen LogP contribution in [0.3, 0.4) is 0 Å². The van der Waals surface area contributed by atoms with Crippen LogP contribution in [0.4, 0.5) is 5.13 Å². The van der Waals surface area contributed by atoms with Crippen LogP contribution < -0.4 is 10.6 Å². The second-order valence-corrected chi connectivity index (χ2v) is 6.27. The van der Waals surface area contributed by atoms with E-state index < -0.39 is 0 Å². The van der Waals surface area contributed by atoms with Gasteiger partial charge in [-0.15, -0.1) is 10.2 Å². The number of rotatable bonds is 6. The molecule has 0 saturated heterocycles. The molecular formula is C12H20N4OS. The SMILES string of the molecule is CCCNc1nnc(C(=O)NC(C)(C)C2CC2)s1. The largest absolute Gasteiger partial charge is 0.360 e. The molecule has 2 rings (SSSR count). The molecule has 0 spiro atoms. The molecule has 0 atom stereocenters. The second-order valence-electron chi connectivity index (χ2n) is 5.29. The fourth-order valence-corrected chi connectivity index (χ4v) is 2.54. The highest BCUT2D eigenvalue weighted by Crippen LogP contribution is 2.39. The van der Waals surface area contributed by atoms with E-state index in [1.807, 2.05) is 0 Å². The Kier molecular flexibility index (Phi) is 3.85. The van der Waals surface area contributed by atoms with Crippen LogP contribution in [-0.4, -0.2) is 28.2 Å². The summed E-state index contributed by atoms with van der Waals surface area (Å²) < 4.78 is 0. The number of nitrogens with one attached hydrogen (secondary N) is 2. The van der Waals surface area contributed by atoms with Gasteiger partial charge >= 0.3 is 0 Å². The van der Waals surface area contributed by atoms with E-state index in [0.29, 0.717) is 16.1 Å². The normalized spacial score (nSPS) is 15.5.